The Bertz CT molecular complexity index is 529. The van der Waals surface area contributed by atoms with Crippen molar-refractivity contribution < 1.29 is 14.8 Å². The smallest absolute Gasteiger partial charge is 0.310 e. The lowest BCUT2D eigenvalue weighted by Gasteiger charge is -2.27. The third-order valence-electron chi connectivity index (χ3n) is 3.36. The van der Waals surface area contributed by atoms with Crippen LogP contribution in [0.15, 0.2) is 18.2 Å². The second-order valence-electron chi connectivity index (χ2n) is 4.81. The molecule has 1 heterocycles. The molecule has 0 aromatic heterocycles. The number of nitro benzene ring substituents is 1. The fourth-order valence-corrected chi connectivity index (χ4v) is 2.18. The van der Waals surface area contributed by atoms with Crippen molar-refractivity contribution in [1.82, 2.24) is 15.5 Å². The minimum absolute atomic E-state index is 0.207. The van der Waals surface area contributed by atoms with E-state index in [1.54, 1.807) is 0 Å². The van der Waals surface area contributed by atoms with Gasteiger partial charge in [-0.25, -0.2) is 0 Å². The van der Waals surface area contributed by atoms with Gasteiger partial charge in [-0.1, -0.05) is 0 Å². The molecule has 0 atom stereocenters. The van der Waals surface area contributed by atoms with Crippen molar-refractivity contribution in [3.8, 4) is 5.75 Å². The van der Waals surface area contributed by atoms with Crippen LogP contribution >= 0.6 is 0 Å². The first-order chi connectivity index (χ1) is 10.1. The van der Waals surface area contributed by atoms with Crippen LogP contribution in [0.2, 0.25) is 0 Å². The maximum Gasteiger partial charge on any atom is 0.310 e. The molecular weight excluding hydrogens is 276 g/mol. The van der Waals surface area contributed by atoms with Gasteiger partial charge in [-0.15, -0.1) is 0 Å². The summed E-state index contributed by atoms with van der Waals surface area (Å²) in [5, 5.41) is 26.1. The number of phenols is 1. The molecule has 0 unspecified atom stereocenters. The molecule has 0 saturated carbocycles. The van der Waals surface area contributed by atoms with Crippen molar-refractivity contribution in [2.24, 2.45) is 0 Å². The molecule has 0 aliphatic carbocycles. The van der Waals surface area contributed by atoms with Crippen molar-refractivity contribution in [3.63, 3.8) is 0 Å². The number of nitro groups is 1. The number of benzene rings is 1. The van der Waals surface area contributed by atoms with Gasteiger partial charge in [-0.05, 0) is 12.1 Å². The molecule has 1 aromatic rings. The molecule has 1 aliphatic heterocycles. The molecule has 1 saturated heterocycles. The van der Waals surface area contributed by atoms with Gasteiger partial charge in [0.15, 0.2) is 5.75 Å². The summed E-state index contributed by atoms with van der Waals surface area (Å²) in [6.07, 6.45) is 0. The molecule has 8 nitrogen and oxygen atoms in total. The minimum atomic E-state index is -0.693. The molecule has 3 N–H and O–H groups in total. The van der Waals surface area contributed by atoms with E-state index in [1.807, 2.05) is 0 Å². The number of amides is 1. The van der Waals surface area contributed by atoms with Gasteiger partial charge in [0, 0.05) is 50.9 Å². The van der Waals surface area contributed by atoms with E-state index >= 15 is 0 Å². The summed E-state index contributed by atoms with van der Waals surface area (Å²) in [4.78, 5) is 24.0. The number of phenolic OH excluding ortho intramolecular Hbond substituents is 1. The zero-order valence-corrected chi connectivity index (χ0v) is 11.5. The Kier molecular flexibility index (Phi) is 5.07. The highest BCUT2D eigenvalue weighted by Gasteiger charge is 2.16. The first-order valence-corrected chi connectivity index (χ1v) is 6.76. The molecule has 114 valence electrons. The standard InChI is InChI=1S/C13H18N4O4/c18-12-9-10(1-2-11(12)17(20)21)13(19)15-5-8-16-6-3-14-4-7-16/h1-2,9,14,18H,3-8H2,(H,15,19). The Morgan fingerprint density at radius 3 is 2.76 bits per heavy atom. The molecule has 0 spiro atoms. The van der Waals surface area contributed by atoms with Crippen LogP contribution in [0.4, 0.5) is 5.69 Å². The van der Waals surface area contributed by atoms with Crippen LogP contribution < -0.4 is 10.6 Å². The predicted molar refractivity (Wildman–Crippen MR) is 76.4 cm³/mol. The number of carbonyl (C=O) groups excluding carboxylic acids is 1. The minimum Gasteiger partial charge on any atom is -0.502 e. The zero-order valence-electron chi connectivity index (χ0n) is 11.5. The molecule has 1 aliphatic rings. The molecule has 1 fully saturated rings. The Hall–Kier alpha value is -2.19. The largest absolute Gasteiger partial charge is 0.502 e. The van der Waals surface area contributed by atoms with E-state index in [4.69, 9.17) is 0 Å². The Morgan fingerprint density at radius 1 is 1.43 bits per heavy atom. The van der Waals surface area contributed by atoms with E-state index in [1.165, 1.54) is 6.07 Å². The topological polar surface area (TPSA) is 108 Å². The van der Waals surface area contributed by atoms with Gasteiger partial charge in [0.25, 0.3) is 5.91 Å². The van der Waals surface area contributed by atoms with Gasteiger partial charge in [-0.2, -0.15) is 0 Å². The normalized spacial score (nSPS) is 15.6. The van der Waals surface area contributed by atoms with Crippen LogP contribution in [0.5, 0.6) is 5.75 Å². The van der Waals surface area contributed by atoms with Crippen LogP contribution in [0.3, 0.4) is 0 Å². The highest BCUT2D eigenvalue weighted by atomic mass is 16.6. The lowest BCUT2D eigenvalue weighted by molar-refractivity contribution is -0.385. The van der Waals surface area contributed by atoms with E-state index in [-0.39, 0.29) is 11.5 Å². The molecule has 21 heavy (non-hydrogen) atoms. The number of carbonyl (C=O) groups is 1. The first kappa shape index (κ1) is 15.2. The third kappa shape index (κ3) is 4.14. The second-order valence-corrected chi connectivity index (χ2v) is 4.81. The average molecular weight is 294 g/mol. The van der Waals surface area contributed by atoms with Crippen LogP contribution in [0.1, 0.15) is 10.4 Å². The van der Waals surface area contributed by atoms with Crippen molar-refractivity contribution in [3.05, 3.63) is 33.9 Å². The summed E-state index contributed by atoms with van der Waals surface area (Å²) >= 11 is 0. The SMILES string of the molecule is O=C(NCCN1CCNCC1)c1ccc([N+](=O)[O-])c(O)c1. The van der Waals surface area contributed by atoms with E-state index in [0.29, 0.717) is 6.54 Å². The Morgan fingerprint density at radius 2 is 2.14 bits per heavy atom. The molecule has 1 aromatic carbocycles. The highest BCUT2D eigenvalue weighted by molar-refractivity contribution is 5.95. The lowest BCUT2D eigenvalue weighted by atomic mass is 10.2. The van der Waals surface area contributed by atoms with Crippen molar-refractivity contribution in [1.29, 1.82) is 0 Å². The second kappa shape index (κ2) is 7.00. The molecular formula is C13H18N4O4. The fraction of sp³-hybridized carbons (Fsp3) is 0.462. The number of hydrogen-bond acceptors (Lipinski definition) is 6. The van der Waals surface area contributed by atoms with Crippen LogP contribution in [-0.4, -0.2) is 60.1 Å². The zero-order chi connectivity index (χ0) is 15.2. The maximum atomic E-state index is 11.9. The van der Waals surface area contributed by atoms with E-state index in [0.717, 1.165) is 44.9 Å². The number of aromatic hydroxyl groups is 1. The molecule has 8 heteroatoms. The number of piperazine rings is 1. The third-order valence-corrected chi connectivity index (χ3v) is 3.36. The average Bonchev–Trinajstić information content (AvgIpc) is 2.47. The van der Waals surface area contributed by atoms with E-state index in [9.17, 15) is 20.0 Å². The Balaban J connectivity index is 1.85. The maximum absolute atomic E-state index is 11.9. The summed E-state index contributed by atoms with van der Waals surface area (Å²) in [5.41, 5.74) is -0.203. The monoisotopic (exact) mass is 294 g/mol. The molecule has 2 rings (SSSR count). The predicted octanol–water partition coefficient (Wildman–Crippen LogP) is -0.0646. The number of rotatable bonds is 5. The number of nitrogens with one attached hydrogen (secondary N) is 2. The summed E-state index contributed by atoms with van der Waals surface area (Å²) in [5.74, 6) is -0.856. The first-order valence-electron chi connectivity index (χ1n) is 6.76. The van der Waals surface area contributed by atoms with Gasteiger partial charge in [0.05, 0.1) is 4.92 Å². The molecule has 1 amide bonds. The summed E-state index contributed by atoms with van der Waals surface area (Å²) in [7, 11) is 0. The van der Waals surface area contributed by atoms with Gasteiger partial charge < -0.3 is 15.7 Å². The lowest BCUT2D eigenvalue weighted by Crippen LogP contribution is -2.46. The van der Waals surface area contributed by atoms with Crippen molar-refractivity contribution >= 4 is 11.6 Å². The van der Waals surface area contributed by atoms with Gasteiger partial charge >= 0.3 is 5.69 Å². The number of nitrogens with zero attached hydrogens (tertiary/aromatic N) is 2. The van der Waals surface area contributed by atoms with Crippen LogP contribution in [0.25, 0.3) is 0 Å². The van der Waals surface area contributed by atoms with Gasteiger partial charge in [0.1, 0.15) is 0 Å². The molecule has 0 radical (unpaired) electrons. The van der Waals surface area contributed by atoms with E-state index in [2.05, 4.69) is 15.5 Å². The van der Waals surface area contributed by atoms with Crippen LogP contribution in [-0.2, 0) is 0 Å². The summed E-state index contributed by atoms with van der Waals surface area (Å²) in [6.45, 7) is 5.06. The quantitative estimate of drug-likeness (QED) is 0.518. The highest BCUT2D eigenvalue weighted by Crippen LogP contribution is 2.26. The van der Waals surface area contributed by atoms with Gasteiger partial charge in [0.2, 0.25) is 0 Å². The fourth-order valence-electron chi connectivity index (χ4n) is 2.18. The van der Waals surface area contributed by atoms with Crippen LogP contribution in [0, 0.1) is 10.1 Å². The van der Waals surface area contributed by atoms with Crippen molar-refractivity contribution in [2.75, 3.05) is 39.3 Å². The summed E-state index contributed by atoms with van der Waals surface area (Å²) < 4.78 is 0. The summed E-state index contributed by atoms with van der Waals surface area (Å²) in [6, 6.07) is 3.57. The molecule has 0 bridgehead atoms. The number of hydrogen-bond donors (Lipinski definition) is 3. The van der Waals surface area contributed by atoms with Crippen molar-refractivity contribution in [2.45, 2.75) is 0 Å². The van der Waals surface area contributed by atoms with E-state index < -0.39 is 16.4 Å². The van der Waals surface area contributed by atoms with Gasteiger partial charge in [-0.3, -0.25) is 19.8 Å². The Labute approximate surface area is 121 Å².